The number of aromatic nitrogens is 3. The summed E-state index contributed by atoms with van der Waals surface area (Å²) in [5.74, 6) is 0.691. The van der Waals surface area contributed by atoms with Gasteiger partial charge in [-0.1, -0.05) is 23.7 Å². The minimum absolute atomic E-state index is 0.573. The molecule has 0 aliphatic heterocycles. The van der Waals surface area contributed by atoms with Crippen molar-refractivity contribution in [1.29, 1.82) is 0 Å². The molecule has 0 bridgehead atoms. The monoisotopic (exact) mass is 272 g/mol. The van der Waals surface area contributed by atoms with Crippen molar-refractivity contribution in [2.24, 2.45) is 5.73 Å². The Labute approximate surface area is 115 Å². The molecule has 0 amide bonds. The maximum Gasteiger partial charge on any atom is 0.234 e. The second kappa shape index (κ2) is 4.99. The first-order valence-corrected chi connectivity index (χ1v) is 6.45. The summed E-state index contributed by atoms with van der Waals surface area (Å²) in [4.78, 5) is 8.86. The third kappa shape index (κ3) is 2.20. The zero-order valence-electron chi connectivity index (χ0n) is 10.3. The smallest absolute Gasteiger partial charge is 0.234 e. The van der Waals surface area contributed by atoms with Crippen molar-refractivity contribution >= 4 is 17.4 Å². The third-order valence-electron chi connectivity index (χ3n) is 3.00. The molecule has 0 spiro atoms. The van der Waals surface area contributed by atoms with Crippen LogP contribution in [0.2, 0.25) is 5.02 Å². The molecule has 2 N–H and O–H groups in total. The van der Waals surface area contributed by atoms with Crippen LogP contribution in [-0.2, 0) is 6.42 Å². The Bertz CT molecular complexity index is 703. The second-order valence-electron chi connectivity index (χ2n) is 4.24. The van der Waals surface area contributed by atoms with E-state index < -0.39 is 0 Å². The number of hydrogen-bond acceptors (Lipinski definition) is 3. The number of nitrogens with zero attached hydrogens (tertiary/aromatic N) is 3. The number of benzene rings is 1. The summed E-state index contributed by atoms with van der Waals surface area (Å²) in [5, 5.41) is 0.714. The molecule has 2 aromatic heterocycles. The minimum atomic E-state index is 0.573. The molecule has 4 nitrogen and oxygen atoms in total. The molecule has 5 heteroatoms. The molecule has 96 valence electrons. The number of fused-ring (bicyclic) bond motifs is 1. The number of nitrogens with two attached hydrogens (primary N) is 1. The maximum atomic E-state index is 5.92. The van der Waals surface area contributed by atoms with Gasteiger partial charge in [-0.15, -0.1) is 0 Å². The lowest BCUT2D eigenvalue weighted by molar-refractivity contribution is 0.901. The van der Waals surface area contributed by atoms with Crippen LogP contribution in [0.15, 0.2) is 42.7 Å². The fraction of sp³-hybridized carbons (Fsp3) is 0.143. The first kappa shape index (κ1) is 12.1. The van der Waals surface area contributed by atoms with E-state index in [9.17, 15) is 0 Å². The van der Waals surface area contributed by atoms with Gasteiger partial charge in [0.1, 0.15) is 0 Å². The van der Waals surface area contributed by atoms with Crippen LogP contribution in [0.25, 0.3) is 17.0 Å². The fourth-order valence-electron chi connectivity index (χ4n) is 2.15. The minimum Gasteiger partial charge on any atom is -0.330 e. The molecule has 1 aromatic carbocycles. The lowest BCUT2D eigenvalue weighted by Crippen LogP contribution is -2.06. The van der Waals surface area contributed by atoms with Gasteiger partial charge < -0.3 is 5.73 Å². The molecular formula is C14H13ClN4. The predicted molar refractivity (Wildman–Crippen MR) is 76.2 cm³/mol. The van der Waals surface area contributed by atoms with Crippen LogP contribution in [-0.4, -0.2) is 20.9 Å². The van der Waals surface area contributed by atoms with Gasteiger partial charge in [0.05, 0.1) is 11.4 Å². The molecule has 0 atom stereocenters. The van der Waals surface area contributed by atoms with E-state index in [1.165, 1.54) is 0 Å². The summed E-state index contributed by atoms with van der Waals surface area (Å²) < 4.78 is 1.98. The summed E-state index contributed by atoms with van der Waals surface area (Å²) in [5.41, 5.74) is 8.72. The summed E-state index contributed by atoms with van der Waals surface area (Å²) in [7, 11) is 0. The van der Waals surface area contributed by atoms with Gasteiger partial charge in [0, 0.05) is 29.4 Å². The molecule has 0 unspecified atom stereocenters. The van der Waals surface area contributed by atoms with Crippen LogP contribution in [0.3, 0.4) is 0 Å². The van der Waals surface area contributed by atoms with Crippen molar-refractivity contribution in [2.75, 3.05) is 6.54 Å². The topological polar surface area (TPSA) is 56.2 Å². The highest BCUT2D eigenvalue weighted by Gasteiger charge is 2.13. The number of hydrogen-bond donors (Lipinski definition) is 1. The summed E-state index contributed by atoms with van der Waals surface area (Å²) in [6.07, 6.45) is 4.45. The number of halogens is 1. The lowest BCUT2D eigenvalue weighted by atomic mass is 10.1. The lowest BCUT2D eigenvalue weighted by Gasteiger charge is -2.03. The SMILES string of the molecule is NCCc1c(-c2ccc(Cl)cc2)nc2ncccn12. The molecule has 3 aromatic rings. The first-order chi connectivity index (χ1) is 9.29. The Kier molecular flexibility index (Phi) is 3.19. The van der Waals surface area contributed by atoms with Crippen LogP contribution in [0.5, 0.6) is 0 Å². The van der Waals surface area contributed by atoms with Gasteiger partial charge in [-0.05, 0) is 24.7 Å². The highest BCUT2D eigenvalue weighted by atomic mass is 35.5. The molecule has 3 rings (SSSR count). The largest absolute Gasteiger partial charge is 0.330 e. The van der Waals surface area contributed by atoms with Crippen LogP contribution >= 0.6 is 11.6 Å². The van der Waals surface area contributed by atoms with Crippen molar-refractivity contribution < 1.29 is 0 Å². The van der Waals surface area contributed by atoms with Crippen LogP contribution in [0.1, 0.15) is 5.69 Å². The van der Waals surface area contributed by atoms with Crippen molar-refractivity contribution in [1.82, 2.24) is 14.4 Å². The summed E-state index contributed by atoms with van der Waals surface area (Å²) >= 11 is 5.92. The average Bonchev–Trinajstić information content (AvgIpc) is 2.79. The third-order valence-corrected chi connectivity index (χ3v) is 3.25. The van der Waals surface area contributed by atoms with Crippen molar-refractivity contribution in [3.05, 3.63) is 53.4 Å². The van der Waals surface area contributed by atoms with Crippen LogP contribution < -0.4 is 5.73 Å². The van der Waals surface area contributed by atoms with E-state index in [1.807, 2.05) is 40.9 Å². The average molecular weight is 273 g/mol. The molecule has 0 radical (unpaired) electrons. The van der Waals surface area contributed by atoms with Crippen LogP contribution in [0, 0.1) is 0 Å². The predicted octanol–water partition coefficient (Wildman–Crippen LogP) is 2.55. The Balaban J connectivity index is 2.21. The van der Waals surface area contributed by atoms with E-state index >= 15 is 0 Å². The van der Waals surface area contributed by atoms with Gasteiger partial charge in [-0.3, -0.25) is 4.40 Å². The van der Waals surface area contributed by atoms with Gasteiger partial charge in [0.25, 0.3) is 0 Å². The van der Waals surface area contributed by atoms with Crippen molar-refractivity contribution in [3.8, 4) is 11.3 Å². The molecule has 0 aliphatic rings. The highest BCUT2D eigenvalue weighted by Crippen LogP contribution is 2.25. The molecule has 19 heavy (non-hydrogen) atoms. The van der Waals surface area contributed by atoms with Gasteiger partial charge >= 0.3 is 0 Å². The van der Waals surface area contributed by atoms with Gasteiger partial charge in [0.15, 0.2) is 0 Å². The van der Waals surface area contributed by atoms with Crippen molar-refractivity contribution in [2.45, 2.75) is 6.42 Å². The molecule has 2 heterocycles. The zero-order valence-corrected chi connectivity index (χ0v) is 11.0. The molecule has 0 saturated heterocycles. The van der Waals surface area contributed by atoms with Gasteiger partial charge in [-0.2, -0.15) is 0 Å². The van der Waals surface area contributed by atoms with E-state index in [0.717, 1.165) is 23.4 Å². The quantitative estimate of drug-likeness (QED) is 0.797. The van der Waals surface area contributed by atoms with E-state index in [1.54, 1.807) is 6.20 Å². The van der Waals surface area contributed by atoms with Crippen molar-refractivity contribution in [3.63, 3.8) is 0 Å². The number of imidazole rings is 1. The standard InChI is InChI=1S/C14H13ClN4/c15-11-4-2-10(3-5-11)13-12(6-7-16)19-9-1-8-17-14(19)18-13/h1-5,8-9H,6-7,16H2. The first-order valence-electron chi connectivity index (χ1n) is 6.07. The van der Waals surface area contributed by atoms with E-state index in [-0.39, 0.29) is 0 Å². The maximum absolute atomic E-state index is 5.92. The van der Waals surface area contributed by atoms with Gasteiger partial charge in [-0.25, -0.2) is 9.97 Å². The molecule has 0 fully saturated rings. The number of rotatable bonds is 3. The van der Waals surface area contributed by atoms with Crippen LogP contribution in [0.4, 0.5) is 0 Å². The zero-order chi connectivity index (χ0) is 13.2. The Morgan fingerprint density at radius 2 is 2.00 bits per heavy atom. The Morgan fingerprint density at radius 1 is 1.21 bits per heavy atom. The Morgan fingerprint density at radius 3 is 2.74 bits per heavy atom. The second-order valence-corrected chi connectivity index (χ2v) is 4.68. The summed E-state index contributed by atoms with van der Waals surface area (Å²) in [6.45, 7) is 0.573. The van der Waals surface area contributed by atoms with E-state index in [4.69, 9.17) is 17.3 Å². The van der Waals surface area contributed by atoms with E-state index in [2.05, 4.69) is 9.97 Å². The highest BCUT2D eigenvalue weighted by molar-refractivity contribution is 6.30. The Hall–Kier alpha value is -1.91. The molecular weight excluding hydrogens is 260 g/mol. The summed E-state index contributed by atoms with van der Waals surface area (Å²) in [6, 6.07) is 9.54. The molecule has 0 saturated carbocycles. The normalized spacial score (nSPS) is 11.1. The molecule has 0 aliphatic carbocycles. The van der Waals surface area contributed by atoms with Gasteiger partial charge in [0.2, 0.25) is 5.78 Å². The fourth-order valence-corrected chi connectivity index (χ4v) is 2.28. The van der Waals surface area contributed by atoms with E-state index in [0.29, 0.717) is 17.3 Å².